The van der Waals surface area contributed by atoms with Crippen molar-refractivity contribution in [3.05, 3.63) is 29.8 Å². The average molecular weight is 298 g/mol. The van der Waals surface area contributed by atoms with Crippen molar-refractivity contribution in [1.29, 1.82) is 0 Å². The maximum atomic E-state index is 13.3. The van der Waals surface area contributed by atoms with Gasteiger partial charge in [-0.15, -0.1) is 11.6 Å². The van der Waals surface area contributed by atoms with E-state index >= 15 is 0 Å². The predicted octanol–water partition coefficient (Wildman–Crippen LogP) is 2.25. The van der Waals surface area contributed by atoms with Gasteiger partial charge < -0.3 is 9.30 Å². The molecule has 6 heteroatoms. The fraction of sp³-hybridized carbons (Fsp3) is 0.500. The van der Waals surface area contributed by atoms with Crippen LogP contribution < -0.4 is 0 Å². The fourth-order valence-corrected chi connectivity index (χ4v) is 2.77. The Bertz CT molecular complexity index is 595. The highest BCUT2D eigenvalue weighted by atomic mass is 35.5. The summed E-state index contributed by atoms with van der Waals surface area (Å²) in [6.07, 6.45) is 0. The number of alkyl halides is 1. The van der Waals surface area contributed by atoms with Crippen LogP contribution in [0.2, 0.25) is 0 Å². The average Bonchev–Trinajstić information content (AvgIpc) is 2.83. The minimum atomic E-state index is -0.267. The number of fused-ring (bicyclic) bond motifs is 1. The molecule has 0 unspecified atom stereocenters. The van der Waals surface area contributed by atoms with E-state index in [0.717, 1.165) is 50.7 Å². The van der Waals surface area contributed by atoms with Crippen LogP contribution in [0.25, 0.3) is 11.0 Å². The zero-order chi connectivity index (χ0) is 13.9. The normalized spacial score (nSPS) is 16.9. The summed E-state index contributed by atoms with van der Waals surface area (Å²) in [5.41, 5.74) is 1.61. The lowest BCUT2D eigenvalue weighted by Crippen LogP contribution is -2.38. The van der Waals surface area contributed by atoms with Gasteiger partial charge in [0, 0.05) is 32.2 Å². The molecule has 1 aliphatic rings. The number of morpholine rings is 1. The van der Waals surface area contributed by atoms with Gasteiger partial charge in [0.2, 0.25) is 0 Å². The van der Waals surface area contributed by atoms with Gasteiger partial charge in [-0.05, 0) is 12.1 Å². The number of benzene rings is 1. The lowest BCUT2D eigenvalue weighted by Gasteiger charge is -2.26. The van der Waals surface area contributed by atoms with E-state index in [1.54, 1.807) is 6.07 Å². The van der Waals surface area contributed by atoms with E-state index in [4.69, 9.17) is 16.3 Å². The molecule has 2 aromatic rings. The van der Waals surface area contributed by atoms with Crippen LogP contribution in [-0.2, 0) is 17.2 Å². The zero-order valence-corrected chi connectivity index (χ0v) is 11.9. The second-order valence-corrected chi connectivity index (χ2v) is 5.17. The van der Waals surface area contributed by atoms with Crippen molar-refractivity contribution in [2.45, 2.75) is 12.4 Å². The van der Waals surface area contributed by atoms with Gasteiger partial charge in [0.1, 0.15) is 11.6 Å². The summed E-state index contributed by atoms with van der Waals surface area (Å²) < 4.78 is 20.7. The van der Waals surface area contributed by atoms with Crippen molar-refractivity contribution in [3.63, 3.8) is 0 Å². The molecule has 1 aliphatic heterocycles. The molecule has 4 nitrogen and oxygen atoms in total. The van der Waals surface area contributed by atoms with E-state index in [2.05, 4.69) is 14.5 Å². The predicted molar refractivity (Wildman–Crippen MR) is 76.5 cm³/mol. The quantitative estimate of drug-likeness (QED) is 0.811. The van der Waals surface area contributed by atoms with Crippen LogP contribution in [0.4, 0.5) is 4.39 Å². The third-order valence-corrected chi connectivity index (χ3v) is 3.89. The topological polar surface area (TPSA) is 30.3 Å². The van der Waals surface area contributed by atoms with Gasteiger partial charge >= 0.3 is 0 Å². The molecule has 2 heterocycles. The van der Waals surface area contributed by atoms with Crippen LogP contribution in [-0.4, -0.2) is 47.3 Å². The smallest absolute Gasteiger partial charge is 0.125 e. The van der Waals surface area contributed by atoms with Crippen LogP contribution in [0.15, 0.2) is 18.2 Å². The number of rotatable bonds is 4. The first kappa shape index (κ1) is 13.8. The number of hydrogen-bond acceptors (Lipinski definition) is 3. The summed E-state index contributed by atoms with van der Waals surface area (Å²) in [6.45, 7) is 5.23. The molecule has 108 valence electrons. The van der Waals surface area contributed by atoms with Gasteiger partial charge in [-0.25, -0.2) is 9.37 Å². The van der Waals surface area contributed by atoms with Crippen molar-refractivity contribution in [2.24, 2.45) is 0 Å². The van der Waals surface area contributed by atoms with Gasteiger partial charge in [-0.1, -0.05) is 0 Å². The molecule has 0 aliphatic carbocycles. The van der Waals surface area contributed by atoms with Crippen molar-refractivity contribution >= 4 is 22.6 Å². The lowest BCUT2D eigenvalue weighted by atomic mass is 10.3. The van der Waals surface area contributed by atoms with Crippen LogP contribution in [0.1, 0.15) is 5.82 Å². The molecular weight excluding hydrogens is 281 g/mol. The minimum Gasteiger partial charge on any atom is -0.379 e. The second-order valence-electron chi connectivity index (χ2n) is 4.90. The molecule has 0 radical (unpaired) electrons. The van der Waals surface area contributed by atoms with Crippen molar-refractivity contribution in [1.82, 2.24) is 14.5 Å². The molecule has 0 spiro atoms. The summed E-state index contributed by atoms with van der Waals surface area (Å²) in [5, 5.41) is 0. The molecular formula is C14H17ClFN3O. The van der Waals surface area contributed by atoms with Gasteiger partial charge in [0.25, 0.3) is 0 Å². The largest absolute Gasteiger partial charge is 0.379 e. The van der Waals surface area contributed by atoms with Crippen molar-refractivity contribution in [2.75, 3.05) is 32.8 Å². The Morgan fingerprint density at radius 1 is 1.25 bits per heavy atom. The van der Waals surface area contributed by atoms with Crippen LogP contribution in [0.5, 0.6) is 0 Å². The highest BCUT2D eigenvalue weighted by Gasteiger charge is 2.14. The molecule has 20 heavy (non-hydrogen) atoms. The number of hydrogen-bond donors (Lipinski definition) is 0. The Balaban J connectivity index is 1.81. The van der Waals surface area contributed by atoms with Gasteiger partial charge in [-0.2, -0.15) is 0 Å². The first-order valence-corrected chi connectivity index (χ1v) is 7.32. The van der Waals surface area contributed by atoms with Crippen LogP contribution in [0, 0.1) is 5.82 Å². The summed E-state index contributed by atoms with van der Waals surface area (Å²) in [5.74, 6) is 0.858. The molecule has 0 bridgehead atoms. The van der Waals surface area contributed by atoms with E-state index in [-0.39, 0.29) is 5.82 Å². The first-order chi connectivity index (χ1) is 9.78. The van der Waals surface area contributed by atoms with Crippen LogP contribution in [0.3, 0.4) is 0 Å². The molecule has 0 atom stereocenters. The van der Waals surface area contributed by atoms with E-state index in [1.807, 2.05) is 0 Å². The van der Waals surface area contributed by atoms with Crippen molar-refractivity contribution in [3.8, 4) is 0 Å². The highest BCUT2D eigenvalue weighted by Crippen LogP contribution is 2.19. The highest BCUT2D eigenvalue weighted by molar-refractivity contribution is 6.16. The summed E-state index contributed by atoms with van der Waals surface area (Å²) in [7, 11) is 0. The Morgan fingerprint density at radius 2 is 2.05 bits per heavy atom. The number of aromatic nitrogens is 2. The standard InChI is InChI=1S/C14H17ClFN3O/c15-10-14-17-12-9-11(16)1-2-13(12)19(14)4-3-18-5-7-20-8-6-18/h1-2,9H,3-8,10H2. The molecule has 1 saturated heterocycles. The lowest BCUT2D eigenvalue weighted by molar-refractivity contribution is 0.0364. The SMILES string of the molecule is Fc1ccc2c(c1)nc(CCl)n2CCN1CCOCC1. The van der Waals surface area contributed by atoms with Crippen LogP contribution >= 0.6 is 11.6 Å². The number of imidazole rings is 1. The Morgan fingerprint density at radius 3 is 2.80 bits per heavy atom. The first-order valence-electron chi connectivity index (χ1n) is 6.78. The third-order valence-electron chi connectivity index (χ3n) is 3.65. The van der Waals surface area contributed by atoms with Gasteiger partial charge in [-0.3, -0.25) is 4.90 Å². The molecule has 1 aromatic heterocycles. The summed E-state index contributed by atoms with van der Waals surface area (Å²) in [6, 6.07) is 4.69. The Labute approximate surface area is 122 Å². The minimum absolute atomic E-state index is 0.267. The van der Waals surface area contributed by atoms with Gasteiger partial charge in [0.05, 0.1) is 30.1 Å². The zero-order valence-electron chi connectivity index (χ0n) is 11.2. The van der Waals surface area contributed by atoms with E-state index in [0.29, 0.717) is 11.4 Å². The maximum absolute atomic E-state index is 13.3. The number of nitrogens with zero attached hydrogens (tertiary/aromatic N) is 3. The second kappa shape index (κ2) is 6.08. The molecule has 1 fully saturated rings. The van der Waals surface area contributed by atoms with E-state index in [9.17, 15) is 4.39 Å². The van der Waals surface area contributed by atoms with Gasteiger partial charge in [0.15, 0.2) is 0 Å². The monoisotopic (exact) mass is 297 g/mol. The third kappa shape index (κ3) is 2.80. The summed E-state index contributed by atoms with van der Waals surface area (Å²) >= 11 is 5.95. The van der Waals surface area contributed by atoms with E-state index < -0.39 is 0 Å². The van der Waals surface area contributed by atoms with E-state index in [1.165, 1.54) is 12.1 Å². The molecule has 3 rings (SSSR count). The molecule has 0 N–H and O–H groups in total. The van der Waals surface area contributed by atoms with Crippen molar-refractivity contribution < 1.29 is 9.13 Å². The summed E-state index contributed by atoms with van der Waals surface area (Å²) in [4.78, 5) is 6.76. The number of ether oxygens (including phenoxy) is 1. The Kier molecular flexibility index (Phi) is 4.19. The fourth-order valence-electron chi connectivity index (χ4n) is 2.57. The number of halogens is 2. The maximum Gasteiger partial charge on any atom is 0.125 e. The molecule has 0 saturated carbocycles. The molecule has 1 aromatic carbocycles. The molecule has 0 amide bonds. The Hall–Kier alpha value is -1.17.